The van der Waals surface area contributed by atoms with Crippen molar-refractivity contribution in [3.05, 3.63) is 21.9 Å². The van der Waals surface area contributed by atoms with Gasteiger partial charge in [-0.3, -0.25) is 9.59 Å². The Morgan fingerprint density at radius 3 is 2.55 bits per heavy atom. The molecule has 1 aliphatic rings. The van der Waals surface area contributed by atoms with Crippen molar-refractivity contribution in [3.8, 4) is 0 Å². The predicted molar refractivity (Wildman–Crippen MR) is 76.1 cm³/mol. The van der Waals surface area contributed by atoms with Gasteiger partial charge >= 0.3 is 5.97 Å². The van der Waals surface area contributed by atoms with E-state index in [9.17, 15) is 9.59 Å². The van der Waals surface area contributed by atoms with E-state index >= 15 is 0 Å². The molecule has 1 fully saturated rings. The molecule has 2 rings (SSSR count). The summed E-state index contributed by atoms with van der Waals surface area (Å²) in [5.41, 5.74) is 0.370. The zero-order valence-electron chi connectivity index (χ0n) is 11.1. The largest absolute Gasteiger partial charge is 0.466 e. The van der Waals surface area contributed by atoms with Crippen LogP contribution >= 0.6 is 23.2 Å². The Bertz CT molecular complexity index is 488. The minimum absolute atomic E-state index is 0.116. The first-order chi connectivity index (χ1) is 9.52. The fraction of sp³-hybridized carbons (Fsp3) is 0.538. The average Bonchev–Trinajstić information content (AvgIpc) is 2.78. The van der Waals surface area contributed by atoms with E-state index in [0.717, 1.165) is 0 Å². The van der Waals surface area contributed by atoms with Crippen molar-refractivity contribution in [1.29, 1.82) is 0 Å². The van der Waals surface area contributed by atoms with Crippen LogP contribution in [0, 0.1) is 5.92 Å². The summed E-state index contributed by atoms with van der Waals surface area (Å²) in [6.45, 7) is 3.22. The fourth-order valence-electron chi connectivity index (χ4n) is 2.27. The Morgan fingerprint density at radius 2 is 2.05 bits per heavy atom. The zero-order valence-corrected chi connectivity index (χ0v) is 12.6. The molecule has 20 heavy (non-hydrogen) atoms. The number of carbonyl (C=O) groups excluding carboxylic acids is 2. The highest BCUT2D eigenvalue weighted by molar-refractivity contribution is 6.41. The second-order valence-corrected chi connectivity index (χ2v) is 5.45. The molecule has 1 N–H and O–H groups in total. The number of rotatable bonds is 3. The average molecular weight is 319 g/mol. The number of esters is 1. The van der Waals surface area contributed by atoms with E-state index in [1.165, 1.54) is 6.07 Å². The third kappa shape index (κ3) is 3.27. The Labute approximate surface area is 127 Å². The molecule has 110 valence electrons. The number of piperidine rings is 1. The highest BCUT2D eigenvalue weighted by Gasteiger charge is 2.29. The van der Waals surface area contributed by atoms with Gasteiger partial charge in [0.1, 0.15) is 10.8 Å². The topological polar surface area (TPSA) is 62.4 Å². The lowest BCUT2D eigenvalue weighted by Crippen LogP contribution is -2.40. The normalized spacial score (nSPS) is 16.2. The second-order valence-electron chi connectivity index (χ2n) is 4.66. The lowest BCUT2D eigenvalue weighted by atomic mass is 9.97. The molecule has 2 heterocycles. The number of nitrogens with one attached hydrogen (secondary N) is 1. The highest BCUT2D eigenvalue weighted by atomic mass is 35.5. The summed E-state index contributed by atoms with van der Waals surface area (Å²) in [5, 5.41) is 0.591. The van der Waals surface area contributed by atoms with Gasteiger partial charge in [0.05, 0.1) is 17.5 Å². The van der Waals surface area contributed by atoms with E-state index in [1.54, 1.807) is 11.8 Å². The lowest BCUT2D eigenvalue weighted by Gasteiger charge is -2.30. The Morgan fingerprint density at radius 1 is 1.40 bits per heavy atom. The van der Waals surface area contributed by atoms with E-state index in [-0.39, 0.29) is 22.9 Å². The van der Waals surface area contributed by atoms with Crippen LogP contribution in [0.25, 0.3) is 0 Å². The number of hydrogen-bond donors (Lipinski definition) is 1. The number of aromatic nitrogens is 1. The maximum Gasteiger partial charge on any atom is 0.309 e. The van der Waals surface area contributed by atoms with Crippen LogP contribution in [0.3, 0.4) is 0 Å². The Hall–Kier alpha value is -1.20. The van der Waals surface area contributed by atoms with Crippen molar-refractivity contribution in [2.75, 3.05) is 19.7 Å². The molecule has 0 aliphatic carbocycles. The quantitative estimate of drug-likeness (QED) is 0.872. The van der Waals surface area contributed by atoms with Gasteiger partial charge in [-0.25, -0.2) is 0 Å². The number of carbonyl (C=O) groups is 2. The van der Waals surface area contributed by atoms with E-state index in [0.29, 0.717) is 43.3 Å². The summed E-state index contributed by atoms with van der Waals surface area (Å²) in [6, 6.07) is 1.52. The van der Waals surface area contributed by atoms with Crippen LogP contribution < -0.4 is 0 Å². The van der Waals surface area contributed by atoms with Crippen LogP contribution in [0.1, 0.15) is 30.3 Å². The van der Waals surface area contributed by atoms with E-state index in [1.807, 2.05) is 0 Å². The van der Waals surface area contributed by atoms with Crippen molar-refractivity contribution < 1.29 is 14.3 Å². The molecule has 0 bridgehead atoms. The minimum atomic E-state index is -0.175. The van der Waals surface area contributed by atoms with E-state index in [4.69, 9.17) is 27.9 Å². The predicted octanol–water partition coefficient (Wildman–Crippen LogP) is 2.74. The molecule has 0 radical (unpaired) electrons. The molecule has 0 spiro atoms. The first-order valence-electron chi connectivity index (χ1n) is 6.52. The zero-order chi connectivity index (χ0) is 14.7. The number of halogens is 2. The first-order valence-corrected chi connectivity index (χ1v) is 7.28. The van der Waals surface area contributed by atoms with Gasteiger partial charge in [-0.1, -0.05) is 23.2 Å². The molecule has 0 atom stereocenters. The molecule has 0 saturated carbocycles. The SMILES string of the molecule is CCOC(=O)C1CCN(C(=O)c2cc(Cl)c(Cl)[nH]2)CC1. The number of amides is 1. The van der Waals surface area contributed by atoms with Crippen molar-refractivity contribution in [1.82, 2.24) is 9.88 Å². The number of likely N-dealkylation sites (tertiary alicyclic amines) is 1. The molecular formula is C13H16Cl2N2O3. The number of ether oxygens (including phenoxy) is 1. The van der Waals surface area contributed by atoms with Gasteiger partial charge in [-0.15, -0.1) is 0 Å². The van der Waals surface area contributed by atoms with E-state index in [2.05, 4.69) is 4.98 Å². The molecule has 1 saturated heterocycles. The summed E-state index contributed by atoms with van der Waals surface area (Å²) in [4.78, 5) is 28.3. The second kappa shape index (κ2) is 6.50. The van der Waals surface area contributed by atoms with Gasteiger partial charge in [-0.05, 0) is 25.8 Å². The molecule has 0 unspecified atom stereocenters. The van der Waals surface area contributed by atoms with Crippen molar-refractivity contribution in [3.63, 3.8) is 0 Å². The molecule has 1 aromatic heterocycles. The summed E-state index contributed by atoms with van der Waals surface area (Å²) in [7, 11) is 0. The van der Waals surface area contributed by atoms with Gasteiger partial charge in [0.2, 0.25) is 0 Å². The molecule has 0 aromatic carbocycles. The molecule has 1 aromatic rings. The van der Waals surface area contributed by atoms with Gasteiger partial charge in [0.25, 0.3) is 5.91 Å². The molecule has 5 nitrogen and oxygen atoms in total. The maximum atomic E-state index is 12.2. The van der Waals surface area contributed by atoms with Crippen LogP contribution in [0.2, 0.25) is 10.2 Å². The smallest absolute Gasteiger partial charge is 0.309 e. The number of hydrogen-bond acceptors (Lipinski definition) is 3. The molecule has 1 aliphatic heterocycles. The van der Waals surface area contributed by atoms with Crippen molar-refractivity contribution >= 4 is 35.1 Å². The number of nitrogens with zero attached hydrogens (tertiary/aromatic N) is 1. The lowest BCUT2D eigenvalue weighted by molar-refractivity contribution is -0.149. The fourth-order valence-corrected chi connectivity index (χ4v) is 2.58. The van der Waals surface area contributed by atoms with Gasteiger partial charge in [0.15, 0.2) is 0 Å². The van der Waals surface area contributed by atoms with Crippen LogP contribution in [-0.4, -0.2) is 41.5 Å². The van der Waals surface area contributed by atoms with Crippen LogP contribution in [-0.2, 0) is 9.53 Å². The number of aromatic amines is 1. The summed E-state index contributed by atoms with van der Waals surface area (Å²) in [6.07, 6.45) is 1.24. The first kappa shape index (κ1) is 15.2. The third-order valence-electron chi connectivity index (χ3n) is 3.36. The standard InChI is InChI=1S/C13H16Cl2N2O3/c1-2-20-13(19)8-3-5-17(6-4-8)12(18)10-7-9(14)11(15)16-10/h7-8,16H,2-6H2,1H3. The monoisotopic (exact) mass is 318 g/mol. The van der Waals surface area contributed by atoms with Crippen LogP contribution in [0.5, 0.6) is 0 Å². The van der Waals surface area contributed by atoms with Gasteiger partial charge < -0.3 is 14.6 Å². The van der Waals surface area contributed by atoms with Crippen LogP contribution in [0.15, 0.2) is 6.07 Å². The Balaban J connectivity index is 1.93. The third-order valence-corrected chi connectivity index (χ3v) is 4.05. The Kier molecular flexibility index (Phi) is 4.94. The summed E-state index contributed by atoms with van der Waals surface area (Å²) in [5.74, 6) is -0.443. The summed E-state index contributed by atoms with van der Waals surface area (Å²) < 4.78 is 5.00. The summed E-state index contributed by atoms with van der Waals surface area (Å²) >= 11 is 11.6. The van der Waals surface area contributed by atoms with Crippen molar-refractivity contribution in [2.24, 2.45) is 5.92 Å². The van der Waals surface area contributed by atoms with Crippen molar-refractivity contribution in [2.45, 2.75) is 19.8 Å². The van der Waals surface area contributed by atoms with Gasteiger partial charge in [-0.2, -0.15) is 0 Å². The molecular weight excluding hydrogens is 303 g/mol. The maximum absolute atomic E-state index is 12.2. The van der Waals surface area contributed by atoms with Crippen LogP contribution in [0.4, 0.5) is 0 Å². The van der Waals surface area contributed by atoms with E-state index < -0.39 is 0 Å². The molecule has 7 heteroatoms. The molecule has 1 amide bonds. The highest BCUT2D eigenvalue weighted by Crippen LogP contribution is 2.24. The minimum Gasteiger partial charge on any atom is -0.466 e. The number of H-pyrrole nitrogens is 1. The van der Waals surface area contributed by atoms with Gasteiger partial charge in [0, 0.05) is 13.1 Å².